The first-order valence-electron chi connectivity index (χ1n) is 13.4. The number of rotatable bonds is 6. The molecule has 0 bridgehead atoms. The number of halogens is 1. The van der Waals surface area contributed by atoms with Crippen LogP contribution in [-0.2, 0) is 6.73 Å². The van der Waals surface area contributed by atoms with E-state index in [1.54, 1.807) is 25.3 Å². The average Bonchev–Trinajstić information content (AvgIpc) is 3.53. The van der Waals surface area contributed by atoms with Gasteiger partial charge >= 0.3 is 0 Å². The van der Waals surface area contributed by atoms with Crippen molar-refractivity contribution in [3.8, 4) is 39.5 Å². The van der Waals surface area contributed by atoms with Crippen LogP contribution in [0, 0.1) is 5.82 Å². The van der Waals surface area contributed by atoms with Gasteiger partial charge in [0.15, 0.2) is 6.73 Å². The highest BCUT2D eigenvalue weighted by Gasteiger charge is 2.25. The molecule has 6 nitrogen and oxygen atoms in total. The summed E-state index contributed by atoms with van der Waals surface area (Å²) < 4.78 is 28.2. The van der Waals surface area contributed by atoms with Crippen LogP contribution in [0.1, 0.15) is 17.3 Å². The zero-order valence-electron chi connectivity index (χ0n) is 23.3. The van der Waals surface area contributed by atoms with Gasteiger partial charge < -0.3 is 23.9 Å². The molecule has 0 unspecified atom stereocenters. The fourth-order valence-electron chi connectivity index (χ4n) is 5.45. The maximum absolute atomic E-state index is 13.7. The van der Waals surface area contributed by atoms with E-state index in [4.69, 9.17) is 9.15 Å². The van der Waals surface area contributed by atoms with Gasteiger partial charge in [-0.05, 0) is 72.3 Å². The SMILES string of the molecule is C=CC=c1c(=C)cc2n1COc1ccc(-c3cc4c(C(=O)NC)c(-c5ccc(F)cc5)oc4cc3N(C)CC)cc1-2. The molecular formula is C34H30FN3O3. The molecule has 0 saturated carbocycles. The summed E-state index contributed by atoms with van der Waals surface area (Å²) in [4.78, 5) is 15.3. The van der Waals surface area contributed by atoms with Crippen LogP contribution in [-0.4, -0.2) is 31.1 Å². The number of anilines is 1. The largest absolute Gasteiger partial charge is 0.472 e. The lowest BCUT2D eigenvalue weighted by Gasteiger charge is -2.24. The molecule has 3 heterocycles. The Morgan fingerprint density at radius 2 is 1.85 bits per heavy atom. The second kappa shape index (κ2) is 10.2. The molecule has 1 amide bonds. The Kier molecular flexibility index (Phi) is 6.50. The Morgan fingerprint density at radius 1 is 1.10 bits per heavy atom. The normalized spacial score (nSPS) is 12.5. The van der Waals surface area contributed by atoms with Crippen molar-refractivity contribution in [3.05, 3.63) is 95.3 Å². The maximum atomic E-state index is 13.7. The van der Waals surface area contributed by atoms with Crippen LogP contribution >= 0.6 is 0 Å². The first kappa shape index (κ1) is 26.2. The summed E-state index contributed by atoms with van der Waals surface area (Å²) in [5, 5.41) is 5.27. The quantitative estimate of drug-likeness (QED) is 0.287. The number of carbonyl (C=O) groups is 1. The minimum absolute atomic E-state index is 0.281. The molecule has 0 aliphatic carbocycles. The highest BCUT2D eigenvalue weighted by Crippen LogP contribution is 2.43. The smallest absolute Gasteiger partial charge is 0.255 e. The van der Waals surface area contributed by atoms with Crippen LogP contribution in [0.15, 0.2) is 77.7 Å². The Hall–Kier alpha value is -5.04. The first-order chi connectivity index (χ1) is 19.8. The van der Waals surface area contributed by atoms with Gasteiger partial charge in [0.2, 0.25) is 0 Å². The highest BCUT2D eigenvalue weighted by atomic mass is 19.1. The first-order valence-corrected chi connectivity index (χ1v) is 13.4. The average molecular weight is 548 g/mol. The topological polar surface area (TPSA) is 59.6 Å². The summed E-state index contributed by atoms with van der Waals surface area (Å²) >= 11 is 0. The lowest BCUT2D eigenvalue weighted by molar-refractivity contribution is 0.0964. The number of carbonyl (C=O) groups excluding carboxylic acids is 1. The number of ether oxygens (including phenoxy) is 1. The van der Waals surface area contributed by atoms with E-state index >= 15 is 0 Å². The standard InChI is InChI=1S/C34H30FN3O3/c1-6-8-27-20(3)15-29-25-16-22(11-14-30(25)40-19-38(27)29)24-17-26-31(18-28(24)37(5)7-2)41-33(32(26)34(39)36-4)21-9-12-23(35)13-10-21/h6,8-18H,1,3,7,19H2,2,4-5H3,(H,36,39). The third kappa shape index (κ3) is 4.30. The molecule has 0 saturated heterocycles. The van der Waals surface area contributed by atoms with Gasteiger partial charge in [0.25, 0.3) is 5.91 Å². The number of furan rings is 1. The van der Waals surface area contributed by atoms with Crippen LogP contribution in [0.25, 0.3) is 57.3 Å². The van der Waals surface area contributed by atoms with Crippen LogP contribution in [0.2, 0.25) is 0 Å². The summed E-state index contributed by atoms with van der Waals surface area (Å²) in [6.45, 7) is 11.3. The van der Waals surface area contributed by atoms with E-state index in [2.05, 4.69) is 47.0 Å². The number of nitrogens with one attached hydrogen (secondary N) is 1. The zero-order chi connectivity index (χ0) is 28.8. The van der Waals surface area contributed by atoms with Gasteiger partial charge in [0, 0.05) is 54.5 Å². The van der Waals surface area contributed by atoms with Gasteiger partial charge in [-0.15, -0.1) is 0 Å². The summed E-state index contributed by atoms with van der Waals surface area (Å²) in [6, 6.07) is 18.1. The Bertz CT molecular complexity index is 1950. The molecule has 6 rings (SSSR count). The molecule has 2 aromatic heterocycles. The second-order valence-corrected chi connectivity index (χ2v) is 10.0. The van der Waals surface area contributed by atoms with Gasteiger partial charge in [0.1, 0.15) is 22.9 Å². The van der Waals surface area contributed by atoms with Crippen molar-refractivity contribution in [2.75, 3.05) is 25.5 Å². The molecule has 1 N–H and O–H groups in total. The zero-order valence-corrected chi connectivity index (χ0v) is 23.3. The van der Waals surface area contributed by atoms with Crippen LogP contribution in [0.5, 0.6) is 5.75 Å². The number of benzene rings is 3. The van der Waals surface area contributed by atoms with Crippen molar-refractivity contribution in [1.82, 2.24) is 9.88 Å². The van der Waals surface area contributed by atoms with Gasteiger partial charge in [0.05, 0.1) is 16.6 Å². The number of fused-ring (bicyclic) bond motifs is 4. The number of amides is 1. The predicted octanol–water partition coefficient (Wildman–Crippen LogP) is 5.92. The fraction of sp³-hybridized carbons (Fsp3) is 0.147. The Balaban J connectivity index is 1.60. The number of hydrogen-bond donors (Lipinski definition) is 1. The molecule has 0 fully saturated rings. The molecule has 0 atom stereocenters. The Morgan fingerprint density at radius 3 is 2.56 bits per heavy atom. The molecule has 7 heteroatoms. The Labute approximate surface area is 237 Å². The molecule has 0 radical (unpaired) electrons. The van der Waals surface area contributed by atoms with Crippen molar-refractivity contribution >= 4 is 35.2 Å². The van der Waals surface area contributed by atoms with E-state index in [1.165, 1.54) is 12.1 Å². The molecular weight excluding hydrogens is 517 g/mol. The van der Waals surface area contributed by atoms with Crippen LogP contribution < -0.4 is 25.5 Å². The lowest BCUT2D eigenvalue weighted by Crippen LogP contribution is -2.30. The van der Waals surface area contributed by atoms with Gasteiger partial charge in [-0.2, -0.15) is 0 Å². The molecule has 0 spiro atoms. The molecule has 3 aromatic carbocycles. The molecule has 1 aliphatic rings. The van der Waals surface area contributed by atoms with Crippen molar-refractivity contribution in [2.45, 2.75) is 13.7 Å². The summed E-state index contributed by atoms with van der Waals surface area (Å²) in [6.07, 6.45) is 3.69. The second-order valence-electron chi connectivity index (χ2n) is 10.0. The number of allylic oxidation sites excluding steroid dienone is 1. The predicted molar refractivity (Wildman–Crippen MR) is 163 cm³/mol. The lowest BCUT2D eigenvalue weighted by atomic mass is 9.95. The molecule has 1 aliphatic heterocycles. The number of hydrogen-bond acceptors (Lipinski definition) is 4. The van der Waals surface area contributed by atoms with E-state index in [9.17, 15) is 9.18 Å². The van der Waals surface area contributed by atoms with Crippen molar-refractivity contribution in [1.29, 1.82) is 0 Å². The van der Waals surface area contributed by atoms with Crippen LogP contribution in [0.3, 0.4) is 0 Å². The van der Waals surface area contributed by atoms with Gasteiger partial charge in [-0.25, -0.2) is 4.39 Å². The fourth-order valence-corrected chi connectivity index (χ4v) is 5.45. The van der Waals surface area contributed by atoms with Crippen molar-refractivity contribution in [2.24, 2.45) is 0 Å². The van der Waals surface area contributed by atoms with Gasteiger partial charge in [-0.1, -0.05) is 25.3 Å². The third-order valence-corrected chi connectivity index (χ3v) is 7.67. The number of aromatic nitrogens is 1. The molecule has 41 heavy (non-hydrogen) atoms. The minimum Gasteiger partial charge on any atom is -0.472 e. The highest BCUT2D eigenvalue weighted by molar-refractivity contribution is 6.13. The minimum atomic E-state index is -0.358. The van der Waals surface area contributed by atoms with E-state index in [0.717, 1.165) is 50.9 Å². The van der Waals surface area contributed by atoms with E-state index in [1.807, 2.05) is 37.4 Å². The van der Waals surface area contributed by atoms with Crippen molar-refractivity contribution < 1.29 is 18.3 Å². The van der Waals surface area contributed by atoms with Crippen LogP contribution in [0.4, 0.5) is 10.1 Å². The third-order valence-electron chi connectivity index (χ3n) is 7.67. The molecule has 5 aromatic rings. The number of nitrogens with zero attached hydrogens (tertiary/aromatic N) is 2. The molecule has 206 valence electrons. The summed E-state index contributed by atoms with van der Waals surface area (Å²) in [5.41, 5.74) is 6.43. The maximum Gasteiger partial charge on any atom is 0.255 e. The van der Waals surface area contributed by atoms with E-state index in [0.29, 0.717) is 34.6 Å². The monoisotopic (exact) mass is 547 g/mol. The van der Waals surface area contributed by atoms with Gasteiger partial charge in [-0.3, -0.25) is 4.79 Å². The summed E-state index contributed by atoms with van der Waals surface area (Å²) in [7, 11) is 3.61. The van der Waals surface area contributed by atoms with Crippen molar-refractivity contribution in [3.63, 3.8) is 0 Å². The van der Waals surface area contributed by atoms with E-state index in [-0.39, 0.29) is 11.7 Å². The summed E-state index contributed by atoms with van der Waals surface area (Å²) in [5.74, 6) is 0.551. The van der Waals surface area contributed by atoms with E-state index < -0.39 is 0 Å².